The van der Waals surface area contributed by atoms with Crippen molar-refractivity contribution in [2.75, 3.05) is 0 Å². The molecule has 0 spiro atoms. The van der Waals surface area contributed by atoms with Crippen LogP contribution in [0.4, 0.5) is 4.79 Å². The summed E-state index contributed by atoms with van der Waals surface area (Å²) in [6.07, 6.45) is 1.36. The second-order valence-corrected chi connectivity index (χ2v) is 7.14. The van der Waals surface area contributed by atoms with Crippen LogP contribution < -0.4 is 5.32 Å². The standard InChI is InChI=1S/C19H17N3O2S/c23-18-15(11-10-13-6-2-1-3-7-13)21-19(24)22(18)12-17-20-14-8-4-5-9-16(14)25-17/h1-9,15H,10-12H2,(H,21,24)/t15-/m1/s1. The summed E-state index contributed by atoms with van der Waals surface area (Å²) in [5, 5.41) is 3.56. The van der Waals surface area contributed by atoms with E-state index in [0.29, 0.717) is 6.42 Å². The first-order chi connectivity index (χ1) is 12.2. The smallest absolute Gasteiger partial charge is 0.325 e. The molecule has 0 radical (unpaired) electrons. The van der Waals surface area contributed by atoms with E-state index in [9.17, 15) is 9.59 Å². The third-order valence-electron chi connectivity index (χ3n) is 4.30. The summed E-state index contributed by atoms with van der Waals surface area (Å²) in [5.41, 5.74) is 2.06. The molecule has 4 rings (SSSR count). The van der Waals surface area contributed by atoms with Crippen LogP contribution in [0.5, 0.6) is 0 Å². The van der Waals surface area contributed by atoms with Crippen LogP contribution in [0.25, 0.3) is 10.2 Å². The van der Waals surface area contributed by atoms with Crippen LogP contribution in [0, 0.1) is 0 Å². The van der Waals surface area contributed by atoms with Gasteiger partial charge in [-0.1, -0.05) is 42.5 Å². The van der Waals surface area contributed by atoms with Gasteiger partial charge in [0.1, 0.15) is 11.0 Å². The van der Waals surface area contributed by atoms with E-state index >= 15 is 0 Å². The first-order valence-corrected chi connectivity index (χ1v) is 9.02. The number of aryl methyl sites for hydroxylation is 1. The number of rotatable bonds is 5. The van der Waals surface area contributed by atoms with Crippen molar-refractivity contribution in [3.63, 3.8) is 0 Å². The zero-order chi connectivity index (χ0) is 17.2. The van der Waals surface area contributed by atoms with Gasteiger partial charge in [-0.2, -0.15) is 0 Å². The Labute approximate surface area is 149 Å². The Kier molecular flexibility index (Phi) is 4.19. The average molecular weight is 351 g/mol. The van der Waals surface area contributed by atoms with E-state index in [1.165, 1.54) is 16.2 Å². The van der Waals surface area contributed by atoms with Crippen molar-refractivity contribution in [1.82, 2.24) is 15.2 Å². The predicted molar refractivity (Wildman–Crippen MR) is 97.3 cm³/mol. The lowest BCUT2D eigenvalue weighted by Crippen LogP contribution is -2.31. The number of fused-ring (bicyclic) bond motifs is 1. The normalized spacial score (nSPS) is 17.3. The van der Waals surface area contributed by atoms with Crippen molar-refractivity contribution in [2.45, 2.75) is 25.4 Å². The van der Waals surface area contributed by atoms with Crippen molar-refractivity contribution < 1.29 is 9.59 Å². The van der Waals surface area contributed by atoms with Gasteiger partial charge >= 0.3 is 6.03 Å². The molecular formula is C19H17N3O2S. The molecule has 5 nitrogen and oxygen atoms in total. The molecule has 0 bridgehead atoms. The molecule has 3 amide bonds. The molecule has 1 aromatic heterocycles. The molecule has 1 fully saturated rings. The largest absolute Gasteiger partial charge is 0.326 e. The molecule has 1 N–H and O–H groups in total. The number of hydrogen-bond donors (Lipinski definition) is 1. The van der Waals surface area contributed by atoms with Gasteiger partial charge in [0.05, 0.1) is 16.8 Å². The van der Waals surface area contributed by atoms with Gasteiger partial charge < -0.3 is 5.32 Å². The summed E-state index contributed by atoms with van der Waals surface area (Å²) in [7, 11) is 0. The van der Waals surface area contributed by atoms with Gasteiger partial charge in [-0.15, -0.1) is 11.3 Å². The summed E-state index contributed by atoms with van der Waals surface area (Å²) in [6, 6.07) is 17.0. The van der Waals surface area contributed by atoms with Gasteiger partial charge in [0.2, 0.25) is 0 Å². The lowest BCUT2D eigenvalue weighted by molar-refractivity contribution is -0.128. The van der Waals surface area contributed by atoms with Crippen LogP contribution in [0.2, 0.25) is 0 Å². The summed E-state index contributed by atoms with van der Waals surface area (Å²) in [4.78, 5) is 30.6. The Morgan fingerprint density at radius 2 is 1.80 bits per heavy atom. The van der Waals surface area contributed by atoms with Crippen molar-refractivity contribution in [1.29, 1.82) is 0 Å². The van der Waals surface area contributed by atoms with Crippen molar-refractivity contribution in [2.24, 2.45) is 0 Å². The molecular weight excluding hydrogens is 334 g/mol. The van der Waals surface area contributed by atoms with Gasteiger partial charge in [-0.05, 0) is 30.5 Å². The summed E-state index contributed by atoms with van der Waals surface area (Å²) in [5.74, 6) is -0.166. The summed E-state index contributed by atoms with van der Waals surface area (Å²) in [6.45, 7) is 0.228. The fourth-order valence-electron chi connectivity index (χ4n) is 3.00. The zero-order valence-corrected chi connectivity index (χ0v) is 14.3. The van der Waals surface area contributed by atoms with E-state index in [-0.39, 0.29) is 18.5 Å². The molecule has 1 atom stereocenters. The Balaban J connectivity index is 1.43. The Morgan fingerprint density at radius 3 is 2.60 bits per heavy atom. The minimum Gasteiger partial charge on any atom is -0.326 e. The molecule has 1 aliphatic heterocycles. The maximum atomic E-state index is 12.6. The fraction of sp³-hybridized carbons (Fsp3) is 0.211. The van der Waals surface area contributed by atoms with E-state index in [2.05, 4.69) is 10.3 Å². The molecule has 25 heavy (non-hydrogen) atoms. The predicted octanol–water partition coefficient (Wildman–Crippen LogP) is 3.35. The topological polar surface area (TPSA) is 62.3 Å². The Morgan fingerprint density at radius 1 is 1.04 bits per heavy atom. The highest BCUT2D eigenvalue weighted by Crippen LogP contribution is 2.24. The number of carbonyl (C=O) groups is 2. The van der Waals surface area contributed by atoms with Crippen LogP contribution >= 0.6 is 11.3 Å². The SMILES string of the molecule is O=C1N[C@H](CCc2ccccc2)C(=O)N1Cc1nc2ccccc2s1. The van der Waals surface area contributed by atoms with E-state index in [0.717, 1.165) is 27.2 Å². The molecule has 1 saturated heterocycles. The number of imide groups is 1. The number of thiazole rings is 1. The second-order valence-electron chi connectivity index (χ2n) is 6.03. The third-order valence-corrected chi connectivity index (χ3v) is 5.32. The van der Waals surface area contributed by atoms with E-state index in [1.807, 2.05) is 54.6 Å². The molecule has 1 aliphatic rings. The summed E-state index contributed by atoms with van der Waals surface area (Å²) < 4.78 is 1.06. The first-order valence-electron chi connectivity index (χ1n) is 8.21. The minimum atomic E-state index is -0.456. The lowest BCUT2D eigenvalue weighted by Gasteiger charge is -2.11. The molecule has 0 saturated carbocycles. The van der Waals surface area contributed by atoms with Gasteiger partial charge in [0, 0.05) is 0 Å². The van der Waals surface area contributed by atoms with Crippen LogP contribution in [-0.4, -0.2) is 27.9 Å². The van der Waals surface area contributed by atoms with Crippen LogP contribution in [0.3, 0.4) is 0 Å². The molecule has 2 heterocycles. The highest BCUT2D eigenvalue weighted by molar-refractivity contribution is 7.18. The monoisotopic (exact) mass is 351 g/mol. The lowest BCUT2D eigenvalue weighted by atomic mass is 10.1. The number of carbonyl (C=O) groups excluding carboxylic acids is 2. The molecule has 126 valence electrons. The highest BCUT2D eigenvalue weighted by Gasteiger charge is 2.37. The van der Waals surface area contributed by atoms with Crippen LogP contribution in [0.15, 0.2) is 54.6 Å². The number of benzene rings is 2. The first kappa shape index (κ1) is 15.8. The minimum absolute atomic E-state index is 0.166. The molecule has 3 aromatic rings. The maximum Gasteiger partial charge on any atom is 0.325 e. The van der Waals surface area contributed by atoms with Crippen molar-refractivity contribution >= 4 is 33.5 Å². The quantitative estimate of drug-likeness (QED) is 0.717. The third kappa shape index (κ3) is 3.25. The van der Waals surface area contributed by atoms with Gasteiger partial charge in [0.25, 0.3) is 5.91 Å². The Bertz CT molecular complexity index is 890. The van der Waals surface area contributed by atoms with Crippen LogP contribution in [-0.2, 0) is 17.8 Å². The van der Waals surface area contributed by atoms with Crippen molar-refractivity contribution in [3.8, 4) is 0 Å². The number of nitrogens with one attached hydrogen (secondary N) is 1. The number of hydrogen-bond acceptors (Lipinski definition) is 4. The number of amides is 3. The summed E-state index contributed by atoms with van der Waals surface area (Å²) >= 11 is 1.51. The van der Waals surface area contributed by atoms with Crippen molar-refractivity contribution in [3.05, 3.63) is 65.2 Å². The van der Waals surface area contributed by atoms with E-state index in [4.69, 9.17) is 0 Å². The number of urea groups is 1. The Hall–Kier alpha value is -2.73. The zero-order valence-electron chi connectivity index (χ0n) is 13.5. The van der Waals surface area contributed by atoms with Gasteiger partial charge in [-0.25, -0.2) is 9.78 Å². The molecule has 0 aliphatic carbocycles. The average Bonchev–Trinajstić information content (AvgIpc) is 3.16. The molecule has 0 unspecified atom stereocenters. The number of nitrogens with zero attached hydrogens (tertiary/aromatic N) is 2. The highest BCUT2D eigenvalue weighted by atomic mass is 32.1. The second kappa shape index (κ2) is 6.64. The number of aromatic nitrogens is 1. The molecule has 2 aromatic carbocycles. The maximum absolute atomic E-state index is 12.6. The fourth-order valence-corrected chi connectivity index (χ4v) is 3.96. The van der Waals surface area contributed by atoms with E-state index < -0.39 is 6.04 Å². The number of para-hydroxylation sites is 1. The van der Waals surface area contributed by atoms with E-state index in [1.54, 1.807) is 0 Å². The van der Waals surface area contributed by atoms with Crippen LogP contribution in [0.1, 0.15) is 17.0 Å². The van der Waals surface area contributed by atoms with Gasteiger partial charge in [-0.3, -0.25) is 9.69 Å². The van der Waals surface area contributed by atoms with Gasteiger partial charge in [0.15, 0.2) is 0 Å². The molecule has 6 heteroatoms.